The summed E-state index contributed by atoms with van der Waals surface area (Å²) in [5.41, 5.74) is 0.464. The molecule has 0 spiro atoms. The van der Waals surface area contributed by atoms with E-state index in [4.69, 9.17) is 0 Å². The fourth-order valence-corrected chi connectivity index (χ4v) is 2.65. The molecule has 1 unspecified atom stereocenters. The van der Waals surface area contributed by atoms with Crippen LogP contribution in [0.2, 0.25) is 0 Å². The van der Waals surface area contributed by atoms with Crippen molar-refractivity contribution in [3.63, 3.8) is 0 Å². The zero-order valence-corrected chi connectivity index (χ0v) is 11.9. The first kappa shape index (κ1) is 14.9. The highest BCUT2D eigenvalue weighted by Gasteiger charge is 2.42. The van der Waals surface area contributed by atoms with Gasteiger partial charge in [0.15, 0.2) is 0 Å². The van der Waals surface area contributed by atoms with Gasteiger partial charge in [-0.15, -0.1) is 0 Å². The highest BCUT2D eigenvalue weighted by molar-refractivity contribution is 6.22. The number of hydrogen-bond donors (Lipinski definition) is 1. The molecule has 6 heteroatoms. The third-order valence-corrected chi connectivity index (χ3v) is 3.79. The number of hydrogen-bond acceptors (Lipinski definition) is 3. The minimum Gasteiger partial charge on any atom is -0.480 e. The third kappa shape index (κ3) is 2.48. The van der Waals surface area contributed by atoms with Gasteiger partial charge in [-0.2, -0.15) is 0 Å². The second-order valence-electron chi connectivity index (χ2n) is 5.18. The average Bonchev–Trinajstić information content (AvgIpc) is 2.79. The van der Waals surface area contributed by atoms with Crippen molar-refractivity contribution in [1.29, 1.82) is 0 Å². The molecule has 0 saturated carbocycles. The van der Waals surface area contributed by atoms with Crippen molar-refractivity contribution in [3.05, 3.63) is 71.0 Å². The van der Waals surface area contributed by atoms with Crippen molar-refractivity contribution in [2.24, 2.45) is 0 Å². The highest BCUT2D eigenvalue weighted by atomic mass is 19.1. The maximum Gasteiger partial charge on any atom is 0.327 e. The molecule has 1 atom stereocenters. The van der Waals surface area contributed by atoms with E-state index < -0.39 is 29.6 Å². The molecule has 3 rings (SSSR count). The van der Waals surface area contributed by atoms with Crippen LogP contribution in [0, 0.1) is 5.82 Å². The first-order chi connectivity index (χ1) is 11.0. The van der Waals surface area contributed by atoms with E-state index in [1.165, 1.54) is 30.3 Å². The summed E-state index contributed by atoms with van der Waals surface area (Å²) in [5.74, 6) is -3.28. The van der Waals surface area contributed by atoms with E-state index in [1.807, 2.05) is 0 Å². The molecule has 0 radical (unpaired) electrons. The quantitative estimate of drug-likeness (QED) is 0.877. The zero-order chi connectivity index (χ0) is 16.6. The van der Waals surface area contributed by atoms with E-state index >= 15 is 0 Å². The smallest absolute Gasteiger partial charge is 0.327 e. The second kappa shape index (κ2) is 5.64. The molecule has 1 N–H and O–H groups in total. The third-order valence-electron chi connectivity index (χ3n) is 3.79. The Hall–Kier alpha value is -3.02. The Morgan fingerprint density at radius 3 is 2.04 bits per heavy atom. The van der Waals surface area contributed by atoms with Gasteiger partial charge >= 0.3 is 5.97 Å². The number of rotatable bonds is 4. The van der Waals surface area contributed by atoms with E-state index in [9.17, 15) is 23.9 Å². The summed E-state index contributed by atoms with van der Waals surface area (Å²) in [7, 11) is 0. The predicted molar refractivity (Wildman–Crippen MR) is 78.5 cm³/mol. The normalized spacial score (nSPS) is 14.7. The number of carboxylic acid groups (broad SMARTS) is 1. The Labute approximate surface area is 131 Å². The lowest BCUT2D eigenvalue weighted by molar-refractivity contribution is -0.141. The number of nitrogens with zero attached hydrogens (tertiary/aromatic N) is 1. The Kier molecular flexibility index (Phi) is 3.65. The molecule has 0 fully saturated rings. The minimum atomic E-state index is -1.46. The number of imide groups is 1. The lowest BCUT2D eigenvalue weighted by atomic mass is 10.0. The van der Waals surface area contributed by atoms with Crippen molar-refractivity contribution in [2.45, 2.75) is 12.5 Å². The van der Waals surface area contributed by atoms with Crippen LogP contribution in [0.3, 0.4) is 0 Å². The van der Waals surface area contributed by atoms with Crippen LogP contribution in [0.5, 0.6) is 0 Å². The molecule has 1 heterocycles. The molecular weight excluding hydrogens is 301 g/mol. The van der Waals surface area contributed by atoms with E-state index in [0.29, 0.717) is 4.90 Å². The summed E-state index contributed by atoms with van der Waals surface area (Å²) in [4.78, 5) is 37.0. The van der Waals surface area contributed by atoms with E-state index in [0.717, 1.165) is 0 Å². The minimum absolute atomic E-state index is 0.136. The summed E-state index contributed by atoms with van der Waals surface area (Å²) < 4.78 is 13.8. The summed E-state index contributed by atoms with van der Waals surface area (Å²) >= 11 is 0. The molecule has 0 bridgehead atoms. The van der Waals surface area contributed by atoms with Crippen LogP contribution < -0.4 is 0 Å². The SMILES string of the molecule is O=C(O)C(Cc1ccccc1F)N1C(=O)c2ccccc2C1=O. The summed E-state index contributed by atoms with van der Waals surface area (Å²) in [6.45, 7) is 0. The van der Waals surface area contributed by atoms with Crippen LogP contribution in [-0.4, -0.2) is 33.8 Å². The lowest BCUT2D eigenvalue weighted by Crippen LogP contribution is -2.46. The van der Waals surface area contributed by atoms with Crippen LogP contribution in [0.15, 0.2) is 48.5 Å². The van der Waals surface area contributed by atoms with Gasteiger partial charge in [-0.25, -0.2) is 9.18 Å². The van der Waals surface area contributed by atoms with Crippen LogP contribution in [0.4, 0.5) is 4.39 Å². The molecule has 0 saturated heterocycles. The van der Waals surface area contributed by atoms with E-state index in [2.05, 4.69) is 0 Å². The Balaban J connectivity index is 1.98. The largest absolute Gasteiger partial charge is 0.480 e. The van der Waals surface area contributed by atoms with Gasteiger partial charge in [0.2, 0.25) is 0 Å². The first-order valence-electron chi connectivity index (χ1n) is 6.94. The number of carboxylic acids is 1. The molecule has 1 aliphatic rings. The standard InChI is InChI=1S/C17H12FNO4/c18-13-8-4-1-5-10(13)9-14(17(22)23)19-15(20)11-6-2-3-7-12(11)16(19)21/h1-8,14H,9H2,(H,22,23). The number of amides is 2. The van der Waals surface area contributed by atoms with E-state index in [1.54, 1.807) is 18.2 Å². The molecule has 2 aromatic rings. The van der Waals surface area contributed by atoms with Crippen LogP contribution >= 0.6 is 0 Å². The van der Waals surface area contributed by atoms with Gasteiger partial charge in [0.05, 0.1) is 11.1 Å². The second-order valence-corrected chi connectivity index (χ2v) is 5.18. The number of aliphatic carboxylic acids is 1. The summed E-state index contributed by atoms with van der Waals surface area (Å²) in [5, 5.41) is 9.43. The Morgan fingerprint density at radius 1 is 1.00 bits per heavy atom. The number of benzene rings is 2. The fraction of sp³-hybridized carbons (Fsp3) is 0.118. The Bertz CT molecular complexity index is 783. The van der Waals surface area contributed by atoms with E-state index in [-0.39, 0.29) is 23.1 Å². The summed E-state index contributed by atoms with van der Waals surface area (Å²) in [6, 6.07) is 10.4. The van der Waals surface area contributed by atoms with Crippen molar-refractivity contribution < 1.29 is 23.9 Å². The van der Waals surface area contributed by atoms with Crippen molar-refractivity contribution in [3.8, 4) is 0 Å². The topological polar surface area (TPSA) is 74.7 Å². The van der Waals surface area contributed by atoms with Gasteiger partial charge in [-0.05, 0) is 23.8 Å². The van der Waals surface area contributed by atoms with Crippen LogP contribution in [0.25, 0.3) is 0 Å². The predicted octanol–water partition coefficient (Wildman–Crippen LogP) is 2.12. The summed E-state index contributed by atoms with van der Waals surface area (Å²) in [6.07, 6.45) is -0.284. The number of carbonyl (C=O) groups is 3. The monoisotopic (exact) mass is 313 g/mol. The number of fused-ring (bicyclic) bond motifs is 1. The number of halogens is 1. The van der Waals surface area contributed by atoms with Gasteiger partial charge in [-0.1, -0.05) is 30.3 Å². The average molecular weight is 313 g/mol. The fourth-order valence-electron chi connectivity index (χ4n) is 2.65. The molecular formula is C17H12FNO4. The van der Waals surface area contributed by atoms with Gasteiger partial charge in [-0.3, -0.25) is 14.5 Å². The van der Waals surface area contributed by atoms with Crippen molar-refractivity contribution >= 4 is 17.8 Å². The van der Waals surface area contributed by atoms with Crippen molar-refractivity contribution in [1.82, 2.24) is 4.90 Å². The van der Waals surface area contributed by atoms with Crippen molar-refractivity contribution in [2.75, 3.05) is 0 Å². The molecule has 2 aromatic carbocycles. The molecule has 0 aromatic heterocycles. The van der Waals surface area contributed by atoms with Gasteiger partial charge in [0.1, 0.15) is 11.9 Å². The van der Waals surface area contributed by atoms with Crippen LogP contribution in [-0.2, 0) is 11.2 Å². The Morgan fingerprint density at radius 2 is 1.52 bits per heavy atom. The van der Waals surface area contributed by atoms with Gasteiger partial charge in [0, 0.05) is 6.42 Å². The lowest BCUT2D eigenvalue weighted by Gasteiger charge is -2.22. The first-order valence-corrected chi connectivity index (χ1v) is 6.94. The maximum atomic E-state index is 13.8. The van der Waals surface area contributed by atoms with Crippen LogP contribution in [0.1, 0.15) is 26.3 Å². The molecule has 1 aliphatic heterocycles. The molecule has 0 aliphatic carbocycles. The highest BCUT2D eigenvalue weighted by Crippen LogP contribution is 2.26. The molecule has 116 valence electrons. The molecule has 23 heavy (non-hydrogen) atoms. The molecule has 2 amide bonds. The van der Waals surface area contributed by atoms with Gasteiger partial charge < -0.3 is 5.11 Å². The number of carbonyl (C=O) groups excluding carboxylic acids is 2. The van der Waals surface area contributed by atoms with Gasteiger partial charge in [0.25, 0.3) is 11.8 Å². The maximum absolute atomic E-state index is 13.8. The zero-order valence-electron chi connectivity index (χ0n) is 11.9. The molecule has 5 nitrogen and oxygen atoms in total.